The maximum Gasteiger partial charge on any atom is 0.300 e. The van der Waals surface area contributed by atoms with Crippen LogP contribution >= 0.6 is 11.3 Å². The minimum atomic E-state index is -0.777. The molecule has 2 heterocycles. The van der Waals surface area contributed by atoms with Crippen molar-refractivity contribution in [1.82, 2.24) is 0 Å². The second kappa shape index (κ2) is 10.3. The van der Waals surface area contributed by atoms with Crippen molar-refractivity contribution in [2.75, 3.05) is 12.0 Å². The molecule has 5 rings (SSSR count). The second-order valence-electron chi connectivity index (χ2n) is 8.66. The van der Waals surface area contributed by atoms with E-state index >= 15 is 0 Å². The van der Waals surface area contributed by atoms with Crippen LogP contribution in [0.15, 0.2) is 95.9 Å². The van der Waals surface area contributed by atoms with Crippen molar-refractivity contribution in [3.63, 3.8) is 0 Å². The van der Waals surface area contributed by atoms with Gasteiger partial charge >= 0.3 is 0 Å². The smallest absolute Gasteiger partial charge is 0.300 e. The standard InChI is InChI=1S/C30H25NO5S/c1-19-10-15-24(35-2)23(17-19)28(32)26-27(25-9-6-16-37-25)31(30(34)29(26)33)21-11-13-22(14-12-21)36-18-20-7-4-3-5-8-20/h3-17,27,32H,18H2,1-2H3/b28-26-. The summed E-state index contributed by atoms with van der Waals surface area (Å²) in [6, 6.07) is 25.1. The number of ether oxygens (including phenoxy) is 2. The number of aliphatic hydroxyl groups excluding tert-OH is 1. The monoisotopic (exact) mass is 511 g/mol. The third kappa shape index (κ3) is 4.73. The van der Waals surface area contributed by atoms with Gasteiger partial charge in [-0.05, 0) is 60.3 Å². The zero-order valence-electron chi connectivity index (χ0n) is 20.4. The number of carbonyl (C=O) groups is 2. The molecule has 0 bridgehead atoms. The highest BCUT2D eigenvalue weighted by molar-refractivity contribution is 7.10. The molecule has 0 saturated carbocycles. The summed E-state index contributed by atoms with van der Waals surface area (Å²) in [5.74, 6) is -0.656. The molecule has 186 valence electrons. The number of Topliss-reactive ketones (excluding diaryl/α,β-unsaturated/α-hetero) is 1. The van der Waals surface area contributed by atoms with Gasteiger partial charge in [-0.3, -0.25) is 14.5 Å². The predicted molar refractivity (Wildman–Crippen MR) is 144 cm³/mol. The van der Waals surface area contributed by atoms with Gasteiger partial charge in [-0.15, -0.1) is 11.3 Å². The van der Waals surface area contributed by atoms with Gasteiger partial charge in [0.05, 0.1) is 18.2 Å². The van der Waals surface area contributed by atoms with Crippen LogP contribution in [0.1, 0.15) is 27.6 Å². The Labute approximate surface area is 219 Å². The number of rotatable bonds is 7. The fourth-order valence-corrected chi connectivity index (χ4v) is 5.23. The third-order valence-electron chi connectivity index (χ3n) is 6.23. The SMILES string of the molecule is COc1ccc(C)cc1/C(O)=C1/C(=O)C(=O)N(c2ccc(OCc3ccccc3)cc2)C1c1cccs1. The molecule has 1 unspecified atom stereocenters. The molecule has 7 heteroatoms. The van der Waals surface area contributed by atoms with Crippen LogP contribution in [0, 0.1) is 6.92 Å². The van der Waals surface area contributed by atoms with Gasteiger partial charge in [0, 0.05) is 10.6 Å². The van der Waals surface area contributed by atoms with E-state index in [4.69, 9.17) is 9.47 Å². The lowest BCUT2D eigenvalue weighted by Gasteiger charge is -2.24. The first-order chi connectivity index (χ1) is 18.0. The highest BCUT2D eigenvalue weighted by atomic mass is 32.1. The van der Waals surface area contributed by atoms with Crippen molar-refractivity contribution >= 4 is 34.5 Å². The maximum absolute atomic E-state index is 13.4. The Morgan fingerprint density at radius 3 is 2.41 bits per heavy atom. The molecule has 6 nitrogen and oxygen atoms in total. The average molecular weight is 512 g/mol. The maximum atomic E-state index is 13.4. The lowest BCUT2D eigenvalue weighted by Crippen LogP contribution is -2.29. The summed E-state index contributed by atoms with van der Waals surface area (Å²) in [6.45, 7) is 2.30. The second-order valence-corrected chi connectivity index (χ2v) is 9.64. The Kier molecular flexibility index (Phi) is 6.79. The molecule has 1 saturated heterocycles. The molecular weight excluding hydrogens is 486 g/mol. The summed E-state index contributed by atoms with van der Waals surface area (Å²) >= 11 is 1.41. The Bertz CT molecular complexity index is 1460. The largest absolute Gasteiger partial charge is 0.507 e. The lowest BCUT2D eigenvalue weighted by atomic mass is 9.98. The molecule has 1 aliphatic rings. The number of nitrogens with zero attached hydrogens (tertiary/aromatic N) is 1. The number of carbonyl (C=O) groups excluding carboxylic acids is 2. The number of amides is 1. The molecule has 0 spiro atoms. The van der Waals surface area contributed by atoms with Crippen molar-refractivity contribution in [3.8, 4) is 11.5 Å². The van der Waals surface area contributed by atoms with E-state index in [1.807, 2.05) is 60.8 Å². The van der Waals surface area contributed by atoms with Crippen molar-refractivity contribution in [2.45, 2.75) is 19.6 Å². The zero-order chi connectivity index (χ0) is 25.9. The third-order valence-corrected chi connectivity index (χ3v) is 7.16. The van der Waals surface area contributed by atoms with Gasteiger partial charge < -0.3 is 14.6 Å². The number of methoxy groups -OCH3 is 1. The van der Waals surface area contributed by atoms with E-state index in [0.29, 0.717) is 29.4 Å². The minimum absolute atomic E-state index is 0.0285. The molecule has 0 radical (unpaired) electrons. The van der Waals surface area contributed by atoms with Crippen LogP contribution in [0.5, 0.6) is 11.5 Å². The van der Waals surface area contributed by atoms with Crippen molar-refractivity contribution in [3.05, 3.63) is 117 Å². The van der Waals surface area contributed by atoms with Gasteiger partial charge in [0.1, 0.15) is 29.9 Å². The topological polar surface area (TPSA) is 76.1 Å². The number of hydrogen-bond donors (Lipinski definition) is 1. The molecule has 1 aliphatic heterocycles. The van der Waals surface area contributed by atoms with E-state index in [1.54, 1.807) is 36.4 Å². The molecular formula is C30H25NO5S. The van der Waals surface area contributed by atoms with Crippen LogP contribution in [0.3, 0.4) is 0 Å². The first-order valence-electron chi connectivity index (χ1n) is 11.7. The van der Waals surface area contributed by atoms with Crippen LogP contribution in [0.25, 0.3) is 5.76 Å². The Balaban J connectivity index is 1.53. The molecule has 1 amide bonds. The fraction of sp³-hybridized carbons (Fsp3) is 0.133. The summed E-state index contributed by atoms with van der Waals surface area (Å²) in [5, 5.41) is 13.3. The Morgan fingerprint density at radius 1 is 0.973 bits per heavy atom. The zero-order valence-corrected chi connectivity index (χ0v) is 21.2. The predicted octanol–water partition coefficient (Wildman–Crippen LogP) is 6.27. The highest BCUT2D eigenvalue weighted by Gasteiger charge is 2.47. The van der Waals surface area contributed by atoms with Gasteiger partial charge in [0.2, 0.25) is 0 Å². The fourth-order valence-electron chi connectivity index (χ4n) is 4.41. The molecule has 3 aromatic carbocycles. The van der Waals surface area contributed by atoms with E-state index in [-0.39, 0.29) is 11.3 Å². The summed E-state index contributed by atoms with van der Waals surface area (Å²) in [6.07, 6.45) is 0. The van der Waals surface area contributed by atoms with Crippen LogP contribution in [-0.2, 0) is 16.2 Å². The lowest BCUT2D eigenvalue weighted by molar-refractivity contribution is -0.132. The molecule has 1 aromatic heterocycles. The van der Waals surface area contributed by atoms with Crippen LogP contribution in [0.2, 0.25) is 0 Å². The quantitative estimate of drug-likeness (QED) is 0.180. The van der Waals surface area contributed by atoms with Crippen LogP contribution in [-0.4, -0.2) is 23.9 Å². The van der Waals surface area contributed by atoms with E-state index in [9.17, 15) is 14.7 Å². The van der Waals surface area contributed by atoms with Gasteiger partial charge in [0.25, 0.3) is 11.7 Å². The number of thiophene rings is 1. The van der Waals surface area contributed by atoms with Gasteiger partial charge in [-0.25, -0.2) is 0 Å². The van der Waals surface area contributed by atoms with Gasteiger partial charge in [0.15, 0.2) is 0 Å². The average Bonchev–Trinajstić information content (AvgIpc) is 3.55. The number of aliphatic hydroxyl groups is 1. The molecule has 4 aromatic rings. The van der Waals surface area contributed by atoms with Gasteiger partial charge in [-0.1, -0.05) is 48.0 Å². The van der Waals surface area contributed by atoms with E-state index < -0.39 is 17.7 Å². The number of ketones is 1. The molecule has 1 atom stereocenters. The summed E-state index contributed by atoms with van der Waals surface area (Å²) in [5.41, 5.74) is 2.85. The number of anilines is 1. The van der Waals surface area contributed by atoms with Crippen molar-refractivity contribution in [2.24, 2.45) is 0 Å². The van der Waals surface area contributed by atoms with Crippen LogP contribution < -0.4 is 14.4 Å². The molecule has 37 heavy (non-hydrogen) atoms. The van der Waals surface area contributed by atoms with Gasteiger partial charge in [-0.2, -0.15) is 0 Å². The van der Waals surface area contributed by atoms with E-state index in [0.717, 1.165) is 16.0 Å². The van der Waals surface area contributed by atoms with Crippen molar-refractivity contribution in [1.29, 1.82) is 0 Å². The molecule has 1 N–H and O–H groups in total. The van der Waals surface area contributed by atoms with E-state index in [2.05, 4.69) is 0 Å². The minimum Gasteiger partial charge on any atom is -0.507 e. The van der Waals surface area contributed by atoms with Crippen LogP contribution in [0.4, 0.5) is 5.69 Å². The normalized spacial score (nSPS) is 16.7. The van der Waals surface area contributed by atoms with Crippen molar-refractivity contribution < 1.29 is 24.2 Å². The molecule has 1 fully saturated rings. The highest BCUT2D eigenvalue weighted by Crippen LogP contribution is 2.44. The first-order valence-corrected chi connectivity index (χ1v) is 12.6. The summed E-state index contributed by atoms with van der Waals surface area (Å²) in [7, 11) is 1.50. The number of benzene rings is 3. The summed E-state index contributed by atoms with van der Waals surface area (Å²) < 4.78 is 11.3. The molecule has 0 aliphatic carbocycles. The first kappa shape index (κ1) is 24.3. The van der Waals surface area contributed by atoms with E-state index in [1.165, 1.54) is 23.3 Å². The number of aryl methyl sites for hydroxylation is 1. The Morgan fingerprint density at radius 2 is 1.73 bits per heavy atom. The Hall–Kier alpha value is -4.36. The number of hydrogen-bond acceptors (Lipinski definition) is 6. The summed E-state index contributed by atoms with van der Waals surface area (Å²) in [4.78, 5) is 28.9.